The maximum Gasteiger partial charge on any atom is 0.416 e. The zero-order valence-electron chi connectivity index (χ0n) is 18.1. The first-order valence-corrected chi connectivity index (χ1v) is 10.2. The number of aryl methyl sites for hydroxylation is 1. The van der Waals surface area contributed by atoms with Crippen molar-refractivity contribution in [2.24, 2.45) is 0 Å². The first-order valence-electron chi connectivity index (χ1n) is 10.2. The number of carbonyl (C=O) groups is 1. The lowest BCUT2D eigenvalue weighted by Gasteiger charge is -2.14. The molecule has 172 valence electrons. The van der Waals surface area contributed by atoms with E-state index in [1.165, 1.54) is 12.1 Å². The molecule has 0 fully saturated rings. The highest BCUT2D eigenvalue weighted by Gasteiger charge is 2.29. The Balaban J connectivity index is 1.65. The van der Waals surface area contributed by atoms with Crippen LogP contribution in [-0.4, -0.2) is 17.7 Å². The summed E-state index contributed by atoms with van der Waals surface area (Å²) in [7, 11) is 0. The van der Waals surface area contributed by atoms with E-state index in [0.717, 1.165) is 23.3 Å². The van der Waals surface area contributed by atoms with Gasteiger partial charge in [-0.3, -0.25) is 4.79 Å². The fourth-order valence-electron chi connectivity index (χ4n) is 3.14. The molecule has 0 atom stereocenters. The van der Waals surface area contributed by atoms with E-state index in [-0.39, 0.29) is 13.0 Å². The Morgan fingerprint density at radius 3 is 2.39 bits per heavy atom. The zero-order valence-corrected chi connectivity index (χ0v) is 18.1. The molecule has 3 rings (SSSR count). The SMILES string of the molecule is Cc1ccc(OC/C=C/c2ccc(C(F)(F)F)cc2)cc1Oc1cccc(CC(=O)O)c1C. The van der Waals surface area contributed by atoms with E-state index < -0.39 is 17.7 Å². The molecular weight excluding hydrogens is 433 g/mol. The van der Waals surface area contributed by atoms with E-state index in [0.29, 0.717) is 28.4 Å². The van der Waals surface area contributed by atoms with Crippen molar-refractivity contribution in [3.8, 4) is 17.2 Å². The molecule has 0 aromatic heterocycles. The van der Waals surface area contributed by atoms with Crippen LogP contribution in [0, 0.1) is 13.8 Å². The molecule has 7 heteroatoms. The lowest BCUT2D eigenvalue weighted by molar-refractivity contribution is -0.138. The Morgan fingerprint density at radius 1 is 1.00 bits per heavy atom. The van der Waals surface area contributed by atoms with Crippen molar-refractivity contribution in [3.63, 3.8) is 0 Å². The molecule has 0 unspecified atom stereocenters. The van der Waals surface area contributed by atoms with Gasteiger partial charge in [-0.05, 0) is 66.4 Å². The van der Waals surface area contributed by atoms with Gasteiger partial charge in [0, 0.05) is 6.07 Å². The fourth-order valence-corrected chi connectivity index (χ4v) is 3.14. The topological polar surface area (TPSA) is 55.8 Å². The second-order valence-corrected chi connectivity index (χ2v) is 7.47. The third-order valence-electron chi connectivity index (χ3n) is 5.01. The third-order valence-corrected chi connectivity index (χ3v) is 5.01. The highest BCUT2D eigenvalue weighted by Crippen LogP contribution is 2.32. The van der Waals surface area contributed by atoms with E-state index >= 15 is 0 Å². The third kappa shape index (κ3) is 6.62. The molecule has 1 N–H and O–H groups in total. The summed E-state index contributed by atoms with van der Waals surface area (Å²) in [5.74, 6) is 0.796. The minimum Gasteiger partial charge on any atom is -0.489 e. The van der Waals surface area contributed by atoms with E-state index in [1.54, 1.807) is 42.5 Å². The van der Waals surface area contributed by atoms with Crippen LogP contribution in [0.1, 0.15) is 27.8 Å². The predicted octanol–water partition coefficient (Wildman–Crippen LogP) is 6.83. The molecular formula is C26H23F3O4. The van der Waals surface area contributed by atoms with Crippen LogP contribution in [0.5, 0.6) is 17.2 Å². The largest absolute Gasteiger partial charge is 0.489 e. The Hall–Kier alpha value is -3.74. The number of alkyl halides is 3. The summed E-state index contributed by atoms with van der Waals surface area (Å²) in [6.07, 6.45) is -1.05. The average Bonchev–Trinajstić information content (AvgIpc) is 2.75. The van der Waals surface area contributed by atoms with Gasteiger partial charge >= 0.3 is 12.1 Å². The first kappa shape index (κ1) is 23.9. The summed E-state index contributed by atoms with van der Waals surface area (Å²) in [4.78, 5) is 11.1. The summed E-state index contributed by atoms with van der Waals surface area (Å²) in [6.45, 7) is 3.92. The van der Waals surface area contributed by atoms with Crippen molar-refractivity contribution >= 4 is 12.0 Å². The maximum atomic E-state index is 12.6. The molecule has 0 aliphatic rings. The molecule has 0 amide bonds. The summed E-state index contributed by atoms with van der Waals surface area (Å²) < 4.78 is 49.7. The van der Waals surface area contributed by atoms with Gasteiger partial charge in [-0.1, -0.05) is 36.4 Å². The number of carboxylic acids is 1. The van der Waals surface area contributed by atoms with E-state index in [4.69, 9.17) is 14.6 Å². The molecule has 0 saturated carbocycles. The molecule has 0 heterocycles. The van der Waals surface area contributed by atoms with Crippen LogP contribution in [0.25, 0.3) is 6.08 Å². The van der Waals surface area contributed by atoms with Crippen molar-refractivity contribution in [2.45, 2.75) is 26.4 Å². The zero-order chi connectivity index (χ0) is 24.0. The van der Waals surface area contributed by atoms with Crippen LogP contribution in [0.15, 0.2) is 66.7 Å². The van der Waals surface area contributed by atoms with Gasteiger partial charge in [-0.2, -0.15) is 13.2 Å². The van der Waals surface area contributed by atoms with Crippen LogP contribution in [0.4, 0.5) is 13.2 Å². The fraction of sp³-hybridized carbons (Fsp3) is 0.192. The monoisotopic (exact) mass is 456 g/mol. The van der Waals surface area contributed by atoms with Crippen molar-refractivity contribution in [1.29, 1.82) is 0 Å². The van der Waals surface area contributed by atoms with Crippen molar-refractivity contribution in [3.05, 3.63) is 94.6 Å². The summed E-state index contributed by atoms with van der Waals surface area (Å²) in [6, 6.07) is 15.5. The number of carboxylic acid groups (broad SMARTS) is 1. The molecule has 0 spiro atoms. The van der Waals surface area contributed by atoms with Crippen LogP contribution >= 0.6 is 0 Å². The van der Waals surface area contributed by atoms with Gasteiger partial charge in [0.1, 0.15) is 23.9 Å². The molecule has 0 aliphatic carbocycles. The molecule has 0 saturated heterocycles. The minimum atomic E-state index is -4.35. The number of ether oxygens (including phenoxy) is 2. The molecule has 3 aromatic rings. The summed E-state index contributed by atoms with van der Waals surface area (Å²) >= 11 is 0. The molecule has 0 radical (unpaired) electrons. The van der Waals surface area contributed by atoms with Crippen LogP contribution < -0.4 is 9.47 Å². The van der Waals surface area contributed by atoms with Crippen molar-refractivity contribution in [1.82, 2.24) is 0 Å². The molecule has 4 nitrogen and oxygen atoms in total. The number of hydrogen-bond donors (Lipinski definition) is 1. The van der Waals surface area contributed by atoms with Gasteiger partial charge in [-0.25, -0.2) is 0 Å². The van der Waals surface area contributed by atoms with Gasteiger partial charge in [0.05, 0.1) is 12.0 Å². The minimum absolute atomic E-state index is 0.0869. The lowest BCUT2D eigenvalue weighted by Crippen LogP contribution is -2.04. The predicted molar refractivity (Wildman–Crippen MR) is 120 cm³/mol. The second-order valence-electron chi connectivity index (χ2n) is 7.47. The Bertz CT molecular complexity index is 1150. The quantitative estimate of drug-likeness (QED) is 0.404. The molecule has 0 aliphatic heterocycles. The Morgan fingerprint density at radius 2 is 1.73 bits per heavy atom. The number of halogens is 3. The number of hydrogen-bond acceptors (Lipinski definition) is 3. The van der Waals surface area contributed by atoms with Crippen LogP contribution in [-0.2, 0) is 17.4 Å². The van der Waals surface area contributed by atoms with E-state index in [9.17, 15) is 18.0 Å². The number of rotatable bonds is 8. The smallest absolute Gasteiger partial charge is 0.416 e. The molecule has 3 aromatic carbocycles. The normalized spacial score (nSPS) is 11.5. The maximum absolute atomic E-state index is 12.6. The van der Waals surface area contributed by atoms with E-state index in [2.05, 4.69) is 0 Å². The van der Waals surface area contributed by atoms with Gasteiger partial charge in [0.25, 0.3) is 0 Å². The highest BCUT2D eigenvalue weighted by atomic mass is 19.4. The number of benzene rings is 3. The molecule has 33 heavy (non-hydrogen) atoms. The second kappa shape index (κ2) is 10.3. The Kier molecular flexibility index (Phi) is 7.43. The summed E-state index contributed by atoms with van der Waals surface area (Å²) in [5.41, 5.74) is 2.26. The Labute approximate surface area is 189 Å². The first-order chi connectivity index (χ1) is 15.6. The highest BCUT2D eigenvalue weighted by molar-refractivity contribution is 5.71. The number of aliphatic carboxylic acids is 1. The van der Waals surface area contributed by atoms with Gasteiger partial charge in [-0.15, -0.1) is 0 Å². The van der Waals surface area contributed by atoms with Gasteiger partial charge in [0.15, 0.2) is 0 Å². The van der Waals surface area contributed by atoms with Gasteiger partial charge < -0.3 is 14.6 Å². The van der Waals surface area contributed by atoms with E-state index in [1.807, 2.05) is 19.9 Å². The lowest BCUT2D eigenvalue weighted by atomic mass is 10.0. The standard InChI is InChI=1S/C26H23F3O4/c1-17-8-13-22(32-14-4-5-19-9-11-21(12-10-19)26(27,28)29)16-24(17)33-23-7-3-6-20(18(23)2)15-25(30)31/h3-13,16H,14-15H2,1-2H3,(H,30,31)/b5-4+. The van der Waals surface area contributed by atoms with Crippen molar-refractivity contribution in [2.75, 3.05) is 6.61 Å². The van der Waals surface area contributed by atoms with Crippen LogP contribution in [0.2, 0.25) is 0 Å². The molecule has 0 bridgehead atoms. The van der Waals surface area contributed by atoms with Crippen LogP contribution in [0.3, 0.4) is 0 Å². The average molecular weight is 456 g/mol. The summed E-state index contributed by atoms with van der Waals surface area (Å²) in [5, 5.41) is 9.06. The van der Waals surface area contributed by atoms with Gasteiger partial charge in [0.2, 0.25) is 0 Å². The van der Waals surface area contributed by atoms with Crippen molar-refractivity contribution < 1.29 is 32.5 Å².